The highest BCUT2D eigenvalue weighted by Gasteiger charge is 2.52. The van der Waals surface area contributed by atoms with Gasteiger partial charge < -0.3 is 49.2 Å². The van der Waals surface area contributed by atoms with Crippen molar-refractivity contribution in [1.29, 1.82) is 0 Å². The van der Waals surface area contributed by atoms with Gasteiger partial charge in [0.15, 0.2) is 11.6 Å². The van der Waals surface area contributed by atoms with Crippen LogP contribution in [-0.4, -0.2) is 191 Å². The van der Waals surface area contributed by atoms with E-state index in [1.165, 1.54) is 55.8 Å². The van der Waals surface area contributed by atoms with Crippen molar-refractivity contribution in [1.82, 2.24) is 69.3 Å². The molecular weight excluding hydrogens is 1290 g/mol. The van der Waals surface area contributed by atoms with Gasteiger partial charge in [-0.15, -0.1) is 10.2 Å². The van der Waals surface area contributed by atoms with Gasteiger partial charge in [-0.25, -0.2) is 46.3 Å². The molecule has 24 nitrogen and oxygen atoms in total. The van der Waals surface area contributed by atoms with Crippen molar-refractivity contribution in [3.63, 3.8) is 0 Å². The molecule has 10 atom stereocenters. The van der Waals surface area contributed by atoms with E-state index in [9.17, 15) is 47.6 Å². The minimum atomic E-state index is -1.65. The molecule has 4 N–H and O–H groups in total. The number of hydrogen-bond donors (Lipinski definition) is 4. The lowest BCUT2D eigenvalue weighted by atomic mass is 9.91. The van der Waals surface area contributed by atoms with Crippen LogP contribution in [0.2, 0.25) is 30.1 Å². The van der Waals surface area contributed by atoms with Crippen molar-refractivity contribution in [2.75, 3.05) is 52.6 Å². The summed E-state index contributed by atoms with van der Waals surface area (Å²) in [5, 5.41) is 70.3. The molecule has 3 aliphatic rings. The number of aliphatic hydroxyl groups excluding tert-OH is 4. The molecule has 11 rings (SSSR count). The Morgan fingerprint density at radius 2 is 0.943 bits per heavy atom. The molecule has 0 saturated carbocycles. The topological polar surface area (TPSA) is 281 Å². The molecule has 7 heterocycles. The fourth-order valence-corrected chi connectivity index (χ4v) is 11.7. The quantitative estimate of drug-likeness (QED) is 0.0580. The Bertz CT molecular complexity index is 3640. The number of benzene rings is 4. The van der Waals surface area contributed by atoms with Crippen LogP contribution in [0.4, 0.5) is 17.6 Å². The highest BCUT2D eigenvalue weighted by molar-refractivity contribution is 6.35. The van der Waals surface area contributed by atoms with Crippen LogP contribution in [0.1, 0.15) is 47.6 Å². The monoisotopic (exact) mass is 1340 g/mol. The predicted molar refractivity (Wildman–Crippen MR) is 305 cm³/mol. The zero-order chi connectivity index (χ0) is 62.6. The van der Waals surface area contributed by atoms with E-state index in [0.29, 0.717) is 0 Å². The Hall–Kier alpha value is -6.48. The van der Waals surface area contributed by atoms with Gasteiger partial charge in [-0.05, 0) is 74.5 Å². The first-order chi connectivity index (χ1) is 42.1. The number of amides is 2. The van der Waals surface area contributed by atoms with Gasteiger partial charge in [0.1, 0.15) is 130 Å². The predicted octanol–water partition coefficient (Wildman–Crippen LogP) is 6.67. The fraction of sp³-hybridized carbons (Fsp3) is 0.370. The van der Waals surface area contributed by atoms with E-state index in [-0.39, 0.29) is 103 Å². The van der Waals surface area contributed by atoms with Crippen LogP contribution in [0.15, 0.2) is 73.1 Å². The number of halogens is 10. The summed E-state index contributed by atoms with van der Waals surface area (Å²) in [6, 6.07) is 10.2. The van der Waals surface area contributed by atoms with Crippen LogP contribution in [0.3, 0.4) is 0 Å². The number of aryl methyl sites for hydroxylation is 2. The largest absolute Gasteiger partial charge is 0.394 e. The third-order valence-corrected chi connectivity index (χ3v) is 16.8. The van der Waals surface area contributed by atoms with Crippen molar-refractivity contribution in [2.24, 2.45) is 0 Å². The molecule has 0 spiro atoms. The number of carbonyl (C=O) groups excluding carboxylic acids is 2. The molecule has 4 aromatic carbocycles. The molecule has 10 unspecified atom stereocenters. The van der Waals surface area contributed by atoms with Gasteiger partial charge in [0, 0.05) is 47.4 Å². The van der Waals surface area contributed by atoms with Crippen molar-refractivity contribution >= 4 is 81.4 Å². The van der Waals surface area contributed by atoms with Crippen LogP contribution in [-0.2, 0) is 28.5 Å². The van der Waals surface area contributed by atoms with E-state index < -0.39 is 132 Å². The van der Waals surface area contributed by atoms with E-state index in [1.54, 1.807) is 26.0 Å². The molecule has 0 radical (unpaired) electrons. The second-order valence-corrected chi connectivity index (χ2v) is 23.0. The Morgan fingerprint density at radius 3 is 1.30 bits per heavy atom. The summed E-state index contributed by atoms with van der Waals surface area (Å²) in [7, 11) is 0. The van der Waals surface area contributed by atoms with Crippen LogP contribution in [0, 0.1) is 37.1 Å². The number of nitrogens with zero attached hydrogens (tertiary/aromatic N) is 14. The maximum Gasteiger partial charge on any atom is 0.248 e. The Morgan fingerprint density at radius 1 is 0.580 bits per heavy atom. The average molecular weight is 1340 g/mol. The molecule has 3 saturated heterocycles. The van der Waals surface area contributed by atoms with Crippen LogP contribution >= 0.6 is 69.6 Å². The van der Waals surface area contributed by atoms with Gasteiger partial charge in [0.25, 0.3) is 0 Å². The minimum absolute atomic E-state index is 0.0333. The number of aliphatic hydroxyl groups is 4. The lowest BCUT2D eigenvalue weighted by Crippen LogP contribution is -2.56. The zero-order valence-electron chi connectivity index (χ0n) is 45.6. The first kappa shape index (κ1) is 63.1. The number of aromatic nitrogens is 12. The smallest absolute Gasteiger partial charge is 0.248 e. The third kappa shape index (κ3) is 12.6. The Balaban J connectivity index is 0.848. The Labute approximate surface area is 525 Å². The van der Waals surface area contributed by atoms with Crippen molar-refractivity contribution in [3.8, 4) is 33.9 Å². The molecule has 3 fully saturated rings. The van der Waals surface area contributed by atoms with Gasteiger partial charge in [-0.2, -0.15) is 10.2 Å². The fourth-order valence-electron chi connectivity index (χ4n) is 10.7. The van der Waals surface area contributed by atoms with E-state index in [1.807, 2.05) is 0 Å². The molecule has 3 aliphatic heterocycles. The SMILES string of the molecule is Cc1nc(C2OC(CO)C(O)C(n3cc(-c4cc(F)c(Cl)c(F)c4)nn3)C2OCC(=O)N2CCN(C(=O)COC3C(c4nc(C)nn4-c4cc(Cl)ccc4Cl)OC(CO)C(O)C3n3cc(-c4cc(F)c(Cl)c(F)c4)nn3)CC2)n(-c2cc(Cl)ccc2Cl)n1. The highest BCUT2D eigenvalue weighted by atomic mass is 35.5. The average Bonchev–Trinajstić information content (AvgIpc) is 1.54. The number of ether oxygens (including phenoxy) is 4. The van der Waals surface area contributed by atoms with Crippen LogP contribution < -0.4 is 0 Å². The van der Waals surface area contributed by atoms with Gasteiger partial charge in [0.2, 0.25) is 11.8 Å². The minimum Gasteiger partial charge on any atom is -0.394 e. The first-order valence-electron chi connectivity index (χ1n) is 26.7. The summed E-state index contributed by atoms with van der Waals surface area (Å²) in [6.07, 6.45) is -9.12. The number of rotatable bonds is 16. The van der Waals surface area contributed by atoms with E-state index in [2.05, 4.69) is 40.8 Å². The van der Waals surface area contributed by atoms with E-state index in [4.69, 9.17) is 88.6 Å². The van der Waals surface area contributed by atoms with Gasteiger partial charge in [-0.3, -0.25) is 9.59 Å². The van der Waals surface area contributed by atoms with Crippen LogP contribution in [0.25, 0.3) is 33.9 Å². The summed E-state index contributed by atoms with van der Waals surface area (Å²) in [6.45, 7) is 0.134. The summed E-state index contributed by atoms with van der Waals surface area (Å²) in [5.74, 6) is -4.98. The van der Waals surface area contributed by atoms with Gasteiger partial charge in [-0.1, -0.05) is 80.0 Å². The van der Waals surface area contributed by atoms with Crippen molar-refractivity contribution in [2.45, 2.75) is 74.8 Å². The summed E-state index contributed by atoms with van der Waals surface area (Å²) < 4.78 is 89.4. The number of piperazine rings is 1. The summed E-state index contributed by atoms with van der Waals surface area (Å²) in [4.78, 5) is 40.8. The first-order valence-corrected chi connectivity index (χ1v) is 29.0. The molecule has 464 valence electrons. The second kappa shape index (κ2) is 26.2. The zero-order valence-corrected chi connectivity index (χ0v) is 50.2. The van der Waals surface area contributed by atoms with Crippen molar-refractivity contribution in [3.05, 3.63) is 150 Å². The summed E-state index contributed by atoms with van der Waals surface area (Å²) in [5.41, 5.74) is 0.269. The Kier molecular flexibility index (Phi) is 18.8. The number of hydrogen-bond acceptors (Lipinski definition) is 18. The molecule has 4 aromatic heterocycles. The lowest BCUT2D eigenvalue weighted by Gasteiger charge is -2.44. The van der Waals surface area contributed by atoms with Gasteiger partial charge in [0.05, 0.1) is 47.0 Å². The lowest BCUT2D eigenvalue weighted by molar-refractivity contribution is -0.225. The molecule has 2 amide bonds. The normalized spacial score (nSPS) is 23.3. The number of carbonyl (C=O) groups is 2. The molecule has 0 bridgehead atoms. The molecule has 34 heteroatoms. The van der Waals surface area contributed by atoms with Gasteiger partial charge >= 0.3 is 0 Å². The van der Waals surface area contributed by atoms with E-state index in [0.717, 1.165) is 33.6 Å². The molecule has 88 heavy (non-hydrogen) atoms. The maximum atomic E-state index is 14.7. The molecular formula is C54H48Cl6F4N14O10. The molecule has 0 aliphatic carbocycles. The molecule has 8 aromatic rings. The third-order valence-electron chi connectivity index (χ3n) is 15.0. The highest BCUT2D eigenvalue weighted by Crippen LogP contribution is 2.44. The second-order valence-electron chi connectivity index (χ2n) is 20.6. The summed E-state index contributed by atoms with van der Waals surface area (Å²) >= 11 is 37.7. The van der Waals surface area contributed by atoms with E-state index >= 15 is 0 Å². The van der Waals surface area contributed by atoms with Crippen LogP contribution in [0.5, 0.6) is 0 Å². The van der Waals surface area contributed by atoms with Crippen molar-refractivity contribution < 1.29 is 66.5 Å². The standard InChI is InChI=1S/C54H48Cl6F4N14O10/c1-23-65-53(77(69-23)37-15-27(55)3-5-29(37)57)51-49(45(47(83)39(19-79)87-51)75-17-35(67-71-75)25-11-31(61)43(59)32(62)12-25)85-21-41(81)73-7-9-74(10-8-73)42(82)22-86-50-46(76-18-36(68-72-76)26-13-33(63)44(60)34(64)14-26)48(84)40(20-80)88-52(50)54-66-24(2)70-78(54)38-16-28(56)4-6-30(38)58/h3-6,11-18,39-40,45-52,79-80,83-84H,7-10,19-22H2,1-2H3. The maximum absolute atomic E-state index is 14.7.